The molecule has 0 saturated carbocycles. The number of hydrogen-bond acceptors (Lipinski definition) is 3. The van der Waals surface area contributed by atoms with Crippen LogP contribution in [0.25, 0.3) is 5.69 Å². The Labute approximate surface area is 186 Å². The first-order valence-electron chi connectivity index (χ1n) is 10.0. The third-order valence-electron chi connectivity index (χ3n) is 6.11. The molecular formula is C23H18ClF3N2O3. The topological polar surface area (TPSA) is 54.7 Å². The summed E-state index contributed by atoms with van der Waals surface area (Å²) >= 11 is 6.16. The Morgan fingerprint density at radius 2 is 1.84 bits per heavy atom. The van der Waals surface area contributed by atoms with Crippen LogP contribution in [0.15, 0.2) is 54.7 Å². The molecule has 1 N–H and O–H groups in total. The number of carbonyl (C=O) groups is 1. The van der Waals surface area contributed by atoms with Gasteiger partial charge in [0.2, 0.25) is 0 Å². The van der Waals surface area contributed by atoms with E-state index in [-0.39, 0.29) is 5.56 Å². The van der Waals surface area contributed by atoms with E-state index in [0.29, 0.717) is 36.7 Å². The number of aromatic hydroxyl groups is 1. The quantitative estimate of drug-likeness (QED) is 0.528. The summed E-state index contributed by atoms with van der Waals surface area (Å²) < 4.78 is 47.1. The molecule has 0 bridgehead atoms. The molecule has 32 heavy (non-hydrogen) atoms. The first-order chi connectivity index (χ1) is 15.2. The van der Waals surface area contributed by atoms with Crippen LogP contribution in [0.3, 0.4) is 0 Å². The van der Waals surface area contributed by atoms with Gasteiger partial charge in [-0.3, -0.25) is 4.79 Å². The standard InChI is InChI=1S/C23H18ClF3N2O3/c24-15-4-6-17-19(13-15)32-22(20-2-1-9-29(17)20)7-10-28(11-8-22)21(31)14-3-5-16(18(30)12-14)23(25,26)27/h1-6,9,12-13,30H,7-8,10-11H2. The minimum Gasteiger partial charge on any atom is -0.507 e. The van der Waals surface area contributed by atoms with Gasteiger partial charge in [0.25, 0.3) is 5.91 Å². The molecule has 1 saturated heterocycles. The van der Waals surface area contributed by atoms with Crippen LogP contribution in [0.1, 0.15) is 34.5 Å². The van der Waals surface area contributed by atoms with Crippen molar-refractivity contribution in [3.05, 3.63) is 76.6 Å². The van der Waals surface area contributed by atoms with Crippen LogP contribution >= 0.6 is 11.6 Å². The molecule has 2 aliphatic rings. The van der Waals surface area contributed by atoms with Gasteiger partial charge in [-0.2, -0.15) is 13.2 Å². The number of benzene rings is 2. The van der Waals surface area contributed by atoms with Crippen molar-refractivity contribution in [2.75, 3.05) is 13.1 Å². The highest BCUT2D eigenvalue weighted by Crippen LogP contribution is 2.46. The van der Waals surface area contributed by atoms with E-state index >= 15 is 0 Å². The maximum Gasteiger partial charge on any atom is 0.419 e. The first kappa shape index (κ1) is 20.8. The summed E-state index contributed by atoms with van der Waals surface area (Å²) in [5, 5.41) is 10.3. The number of likely N-dealkylation sites (tertiary alicyclic amines) is 1. The van der Waals surface area contributed by atoms with E-state index in [1.54, 1.807) is 17.0 Å². The minimum absolute atomic E-state index is 0.0107. The van der Waals surface area contributed by atoms with Gasteiger partial charge in [0.05, 0.1) is 16.9 Å². The number of nitrogens with zero attached hydrogens (tertiary/aromatic N) is 2. The lowest BCUT2D eigenvalue weighted by Crippen LogP contribution is -2.50. The Bertz CT molecular complexity index is 1210. The Balaban J connectivity index is 1.38. The molecule has 2 aromatic carbocycles. The van der Waals surface area contributed by atoms with Crippen molar-refractivity contribution in [3.8, 4) is 17.2 Å². The number of rotatable bonds is 1. The van der Waals surface area contributed by atoms with Gasteiger partial charge in [0.15, 0.2) is 5.60 Å². The summed E-state index contributed by atoms with van der Waals surface area (Å²) in [6.45, 7) is 0.698. The monoisotopic (exact) mass is 462 g/mol. The Morgan fingerprint density at radius 1 is 1.09 bits per heavy atom. The first-order valence-corrected chi connectivity index (χ1v) is 10.4. The molecule has 3 aromatic rings. The minimum atomic E-state index is -4.68. The zero-order valence-corrected chi connectivity index (χ0v) is 17.5. The second-order valence-electron chi connectivity index (χ2n) is 7.99. The zero-order chi connectivity index (χ0) is 22.7. The van der Waals surface area contributed by atoms with Crippen LogP contribution in [0.4, 0.5) is 13.2 Å². The third-order valence-corrected chi connectivity index (χ3v) is 6.35. The summed E-state index contributed by atoms with van der Waals surface area (Å²) in [6.07, 6.45) is -1.73. The van der Waals surface area contributed by atoms with E-state index < -0.39 is 29.0 Å². The molecule has 3 heterocycles. The normalized spacial score (nSPS) is 16.9. The molecular weight excluding hydrogens is 445 g/mol. The zero-order valence-electron chi connectivity index (χ0n) is 16.7. The van der Waals surface area contributed by atoms with Gasteiger partial charge < -0.3 is 19.3 Å². The molecule has 1 spiro atoms. The largest absolute Gasteiger partial charge is 0.507 e. The Kier molecular flexibility index (Phi) is 4.67. The number of halogens is 4. The van der Waals surface area contributed by atoms with Crippen LogP contribution < -0.4 is 4.74 Å². The lowest BCUT2D eigenvalue weighted by Gasteiger charge is -2.45. The van der Waals surface area contributed by atoms with Gasteiger partial charge in [-0.05, 0) is 42.5 Å². The molecule has 0 unspecified atom stereocenters. The molecule has 1 aromatic heterocycles. The van der Waals surface area contributed by atoms with Gasteiger partial charge in [0.1, 0.15) is 11.5 Å². The third kappa shape index (κ3) is 3.30. The SMILES string of the molecule is O=C(c1ccc(C(F)(F)F)c(O)c1)N1CCC2(CC1)Oc1cc(Cl)ccc1-n1cccc12. The van der Waals surface area contributed by atoms with Crippen LogP contribution in [0.5, 0.6) is 11.5 Å². The average molecular weight is 463 g/mol. The predicted molar refractivity (Wildman–Crippen MR) is 111 cm³/mol. The van der Waals surface area contributed by atoms with E-state index in [9.17, 15) is 23.1 Å². The summed E-state index contributed by atoms with van der Waals surface area (Å²) in [7, 11) is 0. The fourth-order valence-corrected chi connectivity index (χ4v) is 4.67. The second-order valence-corrected chi connectivity index (χ2v) is 8.43. The molecule has 0 aliphatic carbocycles. The van der Waals surface area contributed by atoms with Crippen LogP contribution in [0, 0.1) is 0 Å². The lowest BCUT2D eigenvalue weighted by atomic mass is 9.86. The van der Waals surface area contributed by atoms with E-state index in [1.807, 2.05) is 24.4 Å². The molecule has 166 valence electrons. The van der Waals surface area contributed by atoms with Crippen LogP contribution in [-0.4, -0.2) is 33.6 Å². The fourth-order valence-electron chi connectivity index (χ4n) is 4.51. The molecule has 1 amide bonds. The molecule has 9 heteroatoms. The average Bonchev–Trinajstić information content (AvgIpc) is 3.24. The lowest BCUT2D eigenvalue weighted by molar-refractivity contribution is -0.138. The number of ether oxygens (including phenoxy) is 1. The van der Waals surface area contributed by atoms with E-state index in [1.165, 1.54) is 0 Å². The second kappa shape index (κ2) is 7.20. The maximum atomic E-state index is 12.9. The van der Waals surface area contributed by atoms with Crippen molar-refractivity contribution >= 4 is 17.5 Å². The molecule has 0 atom stereocenters. The highest BCUT2D eigenvalue weighted by Gasteiger charge is 2.45. The smallest absolute Gasteiger partial charge is 0.419 e. The van der Waals surface area contributed by atoms with Gasteiger partial charge in [-0.15, -0.1) is 0 Å². The van der Waals surface area contributed by atoms with E-state index in [0.717, 1.165) is 29.6 Å². The Morgan fingerprint density at radius 3 is 2.53 bits per heavy atom. The number of carbonyl (C=O) groups excluding carboxylic acids is 1. The predicted octanol–water partition coefficient (Wildman–Crippen LogP) is 5.38. The number of fused-ring (bicyclic) bond motifs is 4. The van der Waals surface area contributed by atoms with E-state index in [2.05, 4.69) is 4.57 Å². The highest BCUT2D eigenvalue weighted by atomic mass is 35.5. The number of piperidine rings is 1. The number of hydrogen-bond donors (Lipinski definition) is 1. The van der Waals surface area contributed by atoms with Crippen molar-refractivity contribution in [2.45, 2.75) is 24.6 Å². The number of amides is 1. The van der Waals surface area contributed by atoms with Crippen molar-refractivity contribution in [2.24, 2.45) is 0 Å². The van der Waals surface area contributed by atoms with E-state index in [4.69, 9.17) is 16.3 Å². The number of phenolic OH excluding ortho intramolecular Hbond substituents is 1. The van der Waals surface area contributed by atoms with Crippen molar-refractivity contribution in [1.82, 2.24) is 9.47 Å². The van der Waals surface area contributed by atoms with Crippen molar-refractivity contribution in [1.29, 1.82) is 0 Å². The van der Waals surface area contributed by atoms with Crippen molar-refractivity contribution in [3.63, 3.8) is 0 Å². The van der Waals surface area contributed by atoms with Gasteiger partial charge in [-0.25, -0.2) is 0 Å². The number of aromatic nitrogens is 1. The van der Waals surface area contributed by atoms with Crippen LogP contribution in [-0.2, 0) is 11.8 Å². The summed E-state index contributed by atoms with van der Waals surface area (Å²) in [5.74, 6) is -0.731. The molecule has 5 rings (SSSR count). The summed E-state index contributed by atoms with van der Waals surface area (Å²) in [4.78, 5) is 14.5. The van der Waals surface area contributed by atoms with Gasteiger partial charge >= 0.3 is 6.18 Å². The molecule has 2 aliphatic heterocycles. The van der Waals surface area contributed by atoms with Gasteiger partial charge in [0, 0.05) is 48.8 Å². The molecule has 1 fully saturated rings. The fraction of sp³-hybridized carbons (Fsp3) is 0.261. The molecule has 5 nitrogen and oxygen atoms in total. The summed E-state index contributed by atoms with van der Waals surface area (Å²) in [5.41, 5.74) is 0.0717. The van der Waals surface area contributed by atoms with Crippen molar-refractivity contribution < 1.29 is 27.8 Å². The Hall–Kier alpha value is -3.13. The maximum absolute atomic E-state index is 12.9. The van der Waals surface area contributed by atoms with Gasteiger partial charge in [-0.1, -0.05) is 11.6 Å². The van der Waals surface area contributed by atoms with Crippen LogP contribution in [0.2, 0.25) is 5.02 Å². The summed E-state index contributed by atoms with van der Waals surface area (Å²) in [6, 6.07) is 12.1. The number of phenols is 1. The molecule has 0 radical (unpaired) electrons. The highest BCUT2D eigenvalue weighted by molar-refractivity contribution is 6.30. The number of alkyl halides is 3.